The van der Waals surface area contributed by atoms with Crippen LogP contribution in [0.4, 0.5) is 9.70 Å². The Morgan fingerprint density at radius 2 is 1.95 bits per heavy atom. The second-order valence-corrected chi connectivity index (χ2v) is 6.63. The van der Waals surface area contributed by atoms with Gasteiger partial charge in [-0.3, -0.25) is 9.69 Å². The molecule has 0 spiro atoms. The summed E-state index contributed by atoms with van der Waals surface area (Å²) in [4.78, 5) is 13.6. The summed E-state index contributed by atoms with van der Waals surface area (Å²) >= 11 is 0. The summed E-state index contributed by atoms with van der Waals surface area (Å²) < 4.78 is 35.9. The van der Waals surface area contributed by atoms with Crippen LogP contribution in [0.5, 0.6) is 0 Å². The minimum absolute atomic E-state index is 0.0170. The molecule has 8 heteroatoms. The third-order valence-electron chi connectivity index (χ3n) is 3.54. The molecule has 1 aliphatic rings. The first kappa shape index (κ1) is 14.7. The van der Waals surface area contributed by atoms with Crippen molar-refractivity contribution in [1.29, 1.82) is 0 Å². The van der Waals surface area contributed by atoms with Crippen molar-refractivity contribution in [3.63, 3.8) is 0 Å². The van der Waals surface area contributed by atoms with E-state index >= 15 is 0 Å². The van der Waals surface area contributed by atoms with Gasteiger partial charge in [-0.25, -0.2) is 4.68 Å². The van der Waals surface area contributed by atoms with Gasteiger partial charge in [-0.1, -0.05) is 18.2 Å². The predicted octanol–water partition coefficient (Wildman–Crippen LogP) is 1.52. The average Bonchev–Trinajstić information content (AvgIpc) is 3.04. The number of amides is 1. The van der Waals surface area contributed by atoms with Crippen LogP contribution in [0.25, 0.3) is 5.69 Å². The van der Waals surface area contributed by atoms with E-state index in [4.69, 9.17) is 0 Å². The molecular formula is C14H14FN3O3S. The zero-order valence-corrected chi connectivity index (χ0v) is 12.4. The molecule has 1 aromatic heterocycles. The Morgan fingerprint density at radius 3 is 2.64 bits per heavy atom. The van der Waals surface area contributed by atoms with Crippen LogP contribution >= 0.6 is 0 Å². The number of nitrogens with zero attached hydrogens (tertiary/aromatic N) is 3. The molecule has 3 rings (SSSR count). The molecule has 1 atom stereocenters. The van der Waals surface area contributed by atoms with E-state index in [0.29, 0.717) is 5.82 Å². The maximum absolute atomic E-state index is 12.8. The largest absolute Gasteiger partial charge is 0.302 e. The second kappa shape index (κ2) is 5.53. The van der Waals surface area contributed by atoms with Crippen molar-refractivity contribution < 1.29 is 17.1 Å². The standard InChI is InChI=1S/C14H14FN3O3S/c15-22(20,21)10-11-8-14(19)17(9-11)13-6-7-16-18(13)12-4-2-1-3-5-12/h1-7,11H,8-10H2. The van der Waals surface area contributed by atoms with Gasteiger partial charge in [-0.05, 0) is 12.1 Å². The van der Waals surface area contributed by atoms with Crippen LogP contribution in [-0.2, 0) is 15.0 Å². The highest BCUT2D eigenvalue weighted by Gasteiger charge is 2.35. The highest BCUT2D eigenvalue weighted by atomic mass is 32.3. The Labute approximate surface area is 127 Å². The fraction of sp³-hybridized carbons (Fsp3) is 0.286. The van der Waals surface area contributed by atoms with Crippen molar-refractivity contribution in [3.8, 4) is 5.69 Å². The molecule has 1 aromatic carbocycles. The van der Waals surface area contributed by atoms with E-state index in [0.717, 1.165) is 5.69 Å². The molecule has 1 aliphatic heterocycles. The number of carbonyl (C=O) groups excluding carboxylic acids is 1. The molecule has 1 amide bonds. The van der Waals surface area contributed by atoms with Gasteiger partial charge in [0.25, 0.3) is 0 Å². The summed E-state index contributed by atoms with van der Waals surface area (Å²) in [6.45, 7) is 0.167. The van der Waals surface area contributed by atoms with Crippen molar-refractivity contribution in [2.45, 2.75) is 6.42 Å². The van der Waals surface area contributed by atoms with E-state index < -0.39 is 21.9 Å². The maximum atomic E-state index is 12.8. The first-order chi connectivity index (χ1) is 10.4. The number of hydrogen-bond acceptors (Lipinski definition) is 4. The Hall–Kier alpha value is -2.22. The maximum Gasteiger partial charge on any atom is 0.302 e. The van der Waals surface area contributed by atoms with Crippen molar-refractivity contribution in [2.24, 2.45) is 5.92 Å². The zero-order valence-electron chi connectivity index (χ0n) is 11.6. The molecule has 1 fully saturated rings. The highest BCUT2D eigenvalue weighted by Crippen LogP contribution is 2.27. The highest BCUT2D eigenvalue weighted by molar-refractivity contribution is 7.86. The number of aromatic nitrogens is 2. The first-order valence-corrected chi connectivity index (χ1v) is 8.31. The van der Waals surface area contributed by atoms with Crippen LogP contribution in [-0.4, -0.2) is 36.4 Å². The number of carbonyl (C=O) groups is 1. The van der Waals surface area contributed by atoms with Crippen LogP contribution in [0.2, 0.25) is 0 Å². The van der Waals surface area contributed by atoms with Gasteiger partial charge in [0, 0.05) is 24.9 Å². The summed E-state index contributed by atoms with van der Waals surface area (Å²) in [7, 11) is -4.59. The summed E-state index contributed by atoms with van der Waals surface area (Å²) in [6, 6.07) is 10.9. The summed E-state index contributed by atoms with van der Waals surface area (Å²) in [5.74, 6) is -0.850. The molecule has 2 heterocycles. The van der Waals surface area contributed by atoms with Crippen LogP contribution in [0, 0.1) is 5.92 Å². The Bertz CT molecular complexity index is 789. The van der Waals surface area contributed by atoms with E-state index in [1.165, 1.54) is 4.90 Å². The van der Waals surface area contributed by atoms with Crippen LogP contribution in [0.1, 0.15) is 6.42 Å². The Kier molecular flexibility index (Phi) is 3.69. The summed E-state index contributed by atoms with van der Waals surface area (Å²) in [5, 5.41) is 4.20. The number of hydrogen-bond donors (Lipinski definition) is 0. The molecule has 0 N–H and O–H groups in total. The molecule has 0 aliphatic carbocycles. The van der Waals surface area contributed by atoms with Gasteiger partial charge in [0.15, 0.2) is 0 Å². The van der Waals surface area contributed by atoms with Crippen LogP contribution < -0.4 is 4.90 Å². The molecule has 6 nitrogen and oxygen atoms in total. The normalized spacial score (nSPS) is 18.9. The molecule has 22 heavy (non-hydrogen) atoms. The van der Waals surface area contributed by atoms with E-state index in [9.17, 15) is 17.1 Å². The number of para-hydroxylation sites is 1. The predicted molar refractivity (Wildman–Crippen MR) is 78.9 cm³/mol. The molecule has 0 radical (unpaired) electrons. The lowest BCUT2D eigenvalue weighted by Gasteiger charge is -2.18. The molecule has 1 unspecified atom stereocenters. The summed E-state index contributed by atoms with van der Waals surface area (Å²) in [5.41, 5.74) is 0.789. The van der Waals surface area contributed by atoms with E-state index in [1.807, 2.05) is 30.3 Å². The van der Waals surface area contributed by atoms with Crippen molar-refractivity contribution in [3.05, 3.63) is 42.6 Å². The lowest BCUT2D eigenvalue weighted by atomic mass is 10.1. The smallest absolute Gasteiger partial charge is 0.296 e. The van der Waals surface area contributed by atoms with Gasteiger partial charge >= 0.3 is 10.2 Å². The zero-order chi connectivity index (χ0) is 15.7. The van der Waals surface area contributed by atoms with Gasteiger partial charge in [-0.2, -0.15) is 13.5 Å². The molecule has 1 saturated heterocycles. The van der Waals surface area contributed by atoms with Gasteiger partial charge < -0.3 is 0 Å². The number of benzene rings is 1. The minimum atomic E-state index is -4.59. The fourth-order valence-corrected chi connectivity index (χ4v) is 3.45. The van der Waals surface area contributed by atoms with Gasteiger partial charge in [0.05, 0.1) is 17.6 Å². The van der Waals surface area contributed by atoms with Crippen molar-refractivity contribution in [2.75, 3.05) is 17.2 Å². The van der Waals surface area contributed by atoms with Crippen molar-refractivity contribution in [1.82, 2.24) is 9.78 Å². The summed E-state index contributed by atoms with van der Waals surface area (Å²) in [6.07, 6.45) is 1.58. The lowest BCUT2D eigenvalue weighted by molar-refractivity contribution is -0.117. The molecule has 0 bridgehead atoms. The monoisotopic (exact) mass is 323 g/mol. The third kappa shape index (κ3) is 3.01. The van der Waals surface area contributed by atoms with Crippen LogP contribution in [0.3, 0.4) is 0 Å². The SMILES string of the molecule is O=C1CC(CS(=O)(=O)F)CN1c1ccnn1-c1ccccc1. The topological polar surface area (TPSA) is 72.3 Å². The van der Waals surface area contributed by atoms with E-state index in [-0.39, 0.29) is 18.9 Å². The number of halogens is 1. The number of rotatable bonds is 4. The van der Waals surface area contributed by atoms with Crippen LogP contribution in [0.15, 0.2) is 42.6 Å². The quantitative estimate of drug-likeness (QED) is 0.800. The minimum Gasteiger partial charge on any atom is -0.296 e. The molecule has 0 saturated carbocycles. The van der Waals surface area contributed by atoms with Gasteiger partial charge in [0.2, 0.25) is 5.91 Å². The van der Waals surface area contributed by atoms with E-state index in [2.05, 4.69) is 5.10 Å². The molecule has 2 aromatic rings. The third-order valence-corrected chi connectivity index (χ3v) is 4.41. The second-order valence-electron chi connectivity index (χ2n) is 5.22. The van der Waals surface area contributed by atoms with Gasteiger partial charge in [0.1, 0.15) is 5.82 Å². The molecular weight excluding hydrogens is 309 g/mol. The Morgan fingerprint density at radius 1 is 1.23 bits per heavy atom. The molecule has 116 valence electrons. The average molecular weight is 323 g/mol. The van der Waals surface area contributed by atoms with Gasteiger partial charge in [-0.15, -0.1) is 3.89 Å². The fourth-order valence-electron chi connectivity index (χ4n) is 2.67. The number of anilines is 1. The first-order valence-electron chi connectivity index (χ1n) is 6.76. The van der Waals surface area contributed by atoms with E-state index in [1.54, 1.807) is 16.9 Å². The van der Waals surface area contributed by atoms with Crippen molar-refractivity contribution >= 4 is 21.9 Å². The lowest BCUT2D eigenvalue weighted by Crippen LogP contribution is -2.27. The Balaban J connectivity index is 1.87.